The highest BCUT2D eigenvalue weighted by Gasteiger charge is 2.41. The molecule has 1 aromatic heterocycles. The normalized spacial score (nSPS) is 20.6. The van der Waals surface area contributed by atoms with Gasteiger partial charge in [-0.15, -0.1) is 22.5 Å². The summed E-state index contributed by atoms with van der Waals surface area (Å²) < 4.78 is 39.5. The molecule has 134 valence electrons. The van der Waals surface area contributed by atoms with E-state index in [-0.39, 0.29) is 24.7 Å². The van der Waals surface area contributed by atoms with Gasteiger partial charge in [-0.3, -0.25) is 4.79 Å². The summed E-state index contributed by atoms with van der Waals surface area (Å²) in [5, 5.41) is 17.6. The molecule has 3 heterocycles. The van der Waals surface area contributed by atoms with E-state index in [0.717, 1.165) is 4.57 Å². The maximum Gasteiger partial charge on any atom is 0.451 e. The average Bonchev–Trinajstić information content (AvgIpc) is 3.19. The number of fused-ring (bicyclic) bond motifs is 1. The first-order chi connectivity index (χ1) is 11.8. The second-order valence-electron chi connectivity index (χ2n) is 6.21. The van der Waals surface area contributed by atoms with Crippen molar-refractivity contribution in [3.05, 3.63) is 11.6 Å². The van der Waals surface area contributed by atoms with Crippen LogP contribution in [-0.2, 0) is 23.9 Å². The fourth-order valence-corrected chi connectivity index (χ4v) is 2.96. The predicted octanol–water partition coefficient (Wildman–Crippen LogP) is 1.94. The SMILES string of the molecule is C#CCCC1(CCNC(=O)C2CCn3c(nnc3C(F)(F)F)C2)N=N1. The minimum absolute atomic E-state index is 0.0754. The zero-order valence-electron chi connectivity index (χ0n) is 13.4. The predicted molar refractivity (Wildman–Crippen MR) is 80.1 cm³/mol. The van der Waals surface area contributed by atoms with Crippen LogP contribution in [0.25, 0.3) is 0 Å². The summed E-state index contributed by atoms with van der Waals surface area (Å²) in [7, 11) is 0. The largest absolute Gasteiger partial charge is 0.451 e. The van der Waals surface area contributed by atoms with Crippen molar-refractivity contribution in [1.29, 1.82) is 0 Å². The number of carbonyl (C=O) groups is 1. The number of halogens is 3. The molecule has 1 N–H and O–H groups in total. The number of rotatable bonds is 6. The number of hydrogen-bond donors (Lipinski definition) is 1. The molecule has 0 aromatic carbocycles. The Bertz CT molecular complexity index is 727. The Morgan fingerprint density at radius 2 is 2.12 bits per heavy atom. The summed E-state index contributed by atoms with van der Waals surface area (Å²) in [4.78, 5) is 12.2. The molecule has 1 unspecified atom stereocenters. The highest BCUT2D eigenvalue weighted by Crippen LogP contribution is 2.36. The zero-order chi connectivity index (χ0) is 18.1. The molecule has 0 radical (unpaired) electrons. The van der Waals surface area contributed by atoms with Gasteiger partial charge in [-0.05, 0) is 6.42 Å². The first-order valence-electron chi connectivity index (χ1n) is 7.99. The zero-order valence-corrected chi connectivity index (χ0v) is 13.4. The van der Waals surface area contributed by atoms with Gasteiger partial charge >= 0.3 is 6.18 Å². The molecule has 0 aliphatic carbocycles. The van der Waals surface area contributed by atoms with Crippen molar-refractivity contribution >= 4 is 5.91 Å². The number of terminal acetylenes is 1. The van der Waals surface area contributed by atoms with Gasteiger partial charge in [0.1, 0.15) is 5.82 Å². The summed E-state index contributed by atoms with van der Waals surface area (Å²) in [6.45, 7) is 0.472. The van der Waals surface area contributed by atoms with Crippen LogP contribution < -0.4 is 5.32 Å². The third kappa shape index (κ3) is 3.81. The number of nitrogens with zero attached hydrogens (tertiary/aromatic N) is 5. The number of hydrogen-bond acceptors (Lipinski definition) is 5. The van der Waals surface area contributed by atoms with Gasteiger partial charge < -0.3 is 9.88 Å². The highest BCUT2D eigenvalue weighted by atomic mass is 19.4. The molecule has 0 spiro atoms. The Hall–Kier alpha value is -2.44. The lowest BCUT2D eigenvalue weighted by molar-refractivity contribution is -0.147. The van der Waals surface area contributed by atoms with Crippen LogP contribution in [0, 0.1) is 18.3 Å². The van der Waals surface area contributed by atoms with E-state index >= 15 is 0 Å². The van der Waals surface area contributed by atoms with Gasteiger partial charge in [-0.1, -0.05) is 0 Å². The molecule has 10 heteroatoms. The van der Waals surface area contributed by atoms with Crippen LogP contribution >= 0.6 is 0 Å². The Kier molecular flexibility index (Phi) is 4.49. The van der Waals surface area contributed by atoms with E-state index in [1.165, 1.54) is 0 Å². The van der Waals surface area contributed by atoms with Gasteiger partial charge in [-0.25, -0.2) is 0 Å². The fourth-order valence-electron chi connectivity index (χ4n) is 2.96. The number of amides is 1. The molecule has 25 heavy (non-hydrogen) atoms. The van der Waals surface area contributed by atoms with Crippen LogP contribution in [0.1, 0.15) is 37.3 Å². The molecule has 0 saturated heterocycles. The molecule has 1 atom stereocenters. The smallest absolute Gasteiger partial charge is 0.356 e. The van der Waals surface area contributed by atoms with E-state index in [4.69, 9.17) is 6.42 Å². The van der Waals surface area contributed by atoms with Gasteiger partial charge in [0.25, 0.3) is 0 Å². The van der Waals surface area contributed by atoms with Crippen LogP contribution in [0.2, 0.25) is 0 Å². The lowest BCUT2D eigenvalue weighted by Crippen LogP contribution is -2.37. The summed E-state index contributed by atoms with van der Waals surface area (Å²) in [5.74, 6) is 1.11. The lowest BCUT2D eigenvalue weighted by Gasteiger charge is -2.23. The molecule has 2 aliphatic heterocycles. The Balaban J connectivity index is 1.50. The molecule has 2 aliphatic rings. The third-order valence-electron chi connectivity index (χ3n) is 4.46. The van der Waals surface area contributed by atoms with Gasteiger partial charge in [0, 0.05) is 44.7 Å². The van der Waals surface area contributed by atoms with Crippen molar-refractivity contribution in [1.82, 2.24) is 20.1 Å². The lowest BCUT2D eigenvalue weighted by atomic mass is 9.96. The van der Waals surface area contributed by atoms with Gasteiger partial charge in [0.05, 0.1) is 0 Å². The number of nitrogens with one attached hydrogen (secondary N) is 1. The van der Waals surface area contributed by atoms with Crippen LogP contribution in [0.3, 0.4) is 0 Å². The van der Waals surface area contributed by atoms with Crippen LogP contribution in [-0.4, -0.2) is 32.9 Å². The molecule has 0 bridgehead atoms. The van der Waals surface area contributed by atoms with Gasteiger partial charge in [0.2, 0.25) is 11.7 Å². The first-order valence-corrected chi connectivity index (χ1v) is 7.99. The second kappa shape index (κ2) is 6.46. The van der Waals surface area contributed by atoms with Crippen molar-refractivity contribution in [2.45, 2.75) is 50.5 Å². The van der Waals surface area contributed by atoms with Crippen LogP contribution in [0.5, 0.6) is 0 Å². The van der Waals surface area contributed by atoms with E-state index in [2.05, 4.69) is 31.7 Å². The number of aromatic nitrogens is 3. The van der Waals surface area contributed by atoms with Crippen molar-refractivity contribution in [3.63, 3.8) is 0 Å². The monoisotopic (exact) mass is 354 g/mol. The van der Waals surface area contributed by atoms with Crippen molar-refractivity contribution in [2.24, 2.45) is 16.1 Å². The molecule has 7 nitrogen and oxygen atoms in total. The summed E-state index contributed by atoms with van der Waals surface area (Å²) in [6.07, 6.45) is 2.94. The van der Waals surface area contributed by atoms with Gasteiger partial charge in [0.15, 0.2) is 5.66 Å². The minimum atomic E-state index is -4.54. The maximum atomic E-state index is 12.8. The standard InChI is InChI=1S/C15H17F3N6O/c1-2-3-5-14(22-23-14)6-7-19-12(25)10-4-8-24-11(9-10)20-21-13(24)15(16,17)18/h1,10H,3-9H2,(H,19,25). The van der Waals surface area contributed by atoms with Crippen molar-refractivity contribution in [2.75, 3.05) is 6.54 Å². The van der Waals surface area contributed by atoms with Crippen molar-refractivity contribution < 1.29 is 18.0 Å². The van der Waals surface area contributed by atoms with Crippen molar-refractivity contribution in [3.8, 4) is 12.3 Å². The molecule has 1 aromatic rings. The molecule has 0 saturated carbocycles. The Morgan fingerprint density at radius 1 is 1.36 bits per heavy atom. The molecular weight excluding hydrogens is 337 g/mol. The molecule has 0 fully saturated rings. The minimum Gasteiger partial charge on any atom is -0.356 e. The van der Waals surface area contributed by atoms with E-state index in [9.17, 15) is 18.0 Å². The second-order valence-corrected chi connectivity index (χ2v) is 6.21. The van der Waals surface area contributed by atoms with Crippen LogP contribution in [0.4, 0.5) is 13.2 Å². The topological polar surface area (TPSA) is 84.5 Å². The molecule has 3 rings (SSSR count). The summed E-state index contributed by atoms with van der Waals surface area (Å²) >= 11 is 0. The fraction of sp³-hybridized carbons (Fsp3) is 0.667. The number of alkyl halides is 3. The summed E-state index contributed by atoms with van der Waals surface area (Å²) in [5.41, 5.74) is -0.464. The van der Waals surface area contributed by atoms with Gasteiger partial charge in [-0.2, -0.15) is 23.4 Å². The first kappa shape index (κ1) is 17.4. The highest BCUT2D eigenvalue weighted by molar-refractivity contribution is 5.78. The summed E-state index contributed by atoms with van der Waals surface area (Å²) in [6, 6.07) is 0. The Morgan fingerprint density at radius 3 is 2.76 bits per heavy atom. The maximum absolute atomic E-state index is 12.8. The quantitative estimate of drug-likeness (QED) is 0.793. The van der Waals surface area contributed by atoms with E-state index < -0.39 is 23.6 Å². The van der Waals surface area contributed by atoms with E-state index in [0.29, 0.717) is 32.2 Å². The third-order valence-corrected chi connectivity index (χ3v) is 4.46. The van der Waals surface area contributed by atoms with Crippen LogP contribution in [0.15, 0.2) is 10.2 Å². The molecular formula is C15H17F3N6O. The molecule has 1 amide bonds. The number of carbonyl (C=O) groups excluding carboxylic acids is 1. The Labute approximate surface area is 142 Å². The van der Waals surface area contributed by atoms with E-state index in [1.807, 2.05) is 0 Å². The average molecular weight is 354 g/mol. The van der Waals surface area contributed by atoms with E-state index in [1.54, 1.807) is 0 Å².